The predicted octanol–water partition coefficient (Wildman–Crippen LogP) is 3.24. The third kappa shape index (κ3) is 4.17. The average Bonchev–Trinajstić information content (AvgIpc) is 3.14. The van der Waals surface area contributed by atoms with E-state index in [4.69, 9.17) is 9.40 Å². The lowest BCUT2D eigenvalue weighted by molar-refractivity contribution is 0.200. The van der Waals surface area contributed by atoms with E-state index in [-0.39, 0.29) is 6.61 Å². The summed E-state index contributed by atoms with van der Waals surface area (Å²) in [5.74, 6) is 2.77. The summed E-state index contributed by atoms with van der Waals surface area (Å²) in [6, 6.07) is 12.7. The second kappa shape index (κ2) is 8.15. The van der Waals surface area contributed by atoms with Crippen LogP contribution in [0.2, 0.25) is 0 Å². The van der Waals surface area contributed by atoms with Crippen LogP contribution < -0.4 is 5.32 Å². The molecule has 4 rings (SSSR count). The van der Waals surface area contributed by atoms with Crippen molar-refractivity contribution >= 4 is 17.0 Å². The number of rotatable bonds is 6. The van der Waals surface area contributed by atoms with E-state index < -0.39 is 0 Å². The van der Waals surface area contributed by atoms with Gasteiger partial charge < -0.3 is 24.3 Å². The van der Waals surface area contributed by atoms with Crippen molar-refractivity contribution in [1.29, 1.82) is 0 Å². The fourth-order valence-corrected chi connectivity index (χ4v) is 3.92. The van der Waals surface area contributed by atoms with Gasteiger partial charge in [0.2, 0.25) is 5.95 Å². The zero-order chi connectivity index (χ0) is 18.6. The molecule has 0 aliphatic carbocycles. The van der Waals surface area contributed by atoms with Crippen LogP contribution in [0.1, 0.15) is 30.8 Å². The van der Waals surface area contributed by atoms with E-state index >= 15 is 0 Å². The fraction of sp³-hybridized carbons (Fsp3) is 0.476. The Morgan fingerprint density at radius 3 is 2.89 bits per heavy atom. The minimum atomic E-state index is 0.233. The summed E-state index contributed by atoms with van der Waals surface area (Å²) < 4.78 is 8.02. The Kier molecular flexibility index (Phi) is 5.45. The first-order valence-electron chi connectivity index (χ1n) is 9.83. The van der Waals surface area contributed by atoms with Crippen LogP contribution in [-0.4, -0.2) is 51.8 Å². The number of hydrogen-bond acceptors (Lipinski definition) is 5. The van der Waals surface area contributed by atoms with Crippen molar-refractivity contribution in [3.8, 4) is 0 Å². The van der Waals surface area contributed by atoms with Crippen LogP contribution in [0.15, 0.2) is 40.8 Å². The van der Waals surface area contributed by atoms with Crippen molar-refractivity contribution in [3.63, 3.8) is 0 Å². The van der Waals surface area contributed by atoms with E-state index in [2.05, 4.69) is 33.0 Å². The normalized spacial score (nSPS) is 18.7. The maximum atomic E-state index is 9.19. The smallest absolute Gasteiger partial charge is 0.204 e. The molecule has 1 aliphatic heterocycles. The summed E-state index contributed by atoms with van der Waals surface area (Å²) in [5.41, 5.74) is 2.11. The predicted molar refractivity (Wildman–Crippen MR) is 107 cm³/mol. The summed E-state index contributed by atoms with van der Waals surface area (Å²) in [6.07, 6.45) is 3.31. The van der Waals surface area contributed by atoms with Gasteiger partial charge in [0, 0.05) is 19.1 Å². The van der Waals surface area contributed by atoms with Crippen LogP contribution in [0, 0.1) is 6.92 Å². The number of para-hydroxylation sites is 2. The number of aromatic nitrogens is 2. The molecule has 0 spiro atoms. The zero-order valence-electron chi connectivity index (χ0n) is 15.9. The van der Waals surface area contributed by atoms with Gasteiger partial charge in [0.05, 0.1) is 24.2 Å². The first-order chi connectivity index (χ1) is 13.2. The van der Waals surface area contributed by atoms with E-state index in [0.29, 0.717) is 12.6 Å². The highest BCUT2D eigenvalue weighted by atomic mass is 16.3. The standard InChI is InChI=1S/C21H28N4O2/c1-16-8-9-18(27-16)15-25-20-7-3-2-6-19(20)23-21(25)22-17-5-4-11-24(12-10-17)13-14-26/h2-3,6-9,17,26H,4-5,10-15H2,1H3,(H,22,23). The molecule has 3 heterocycles. The summed E-state index contributed by atoms with van der Waals surface area (Å²) in [4.78, 5) is 7.20. The summed E-state index contributed by atoms with van der Waals surface area (Å²) in [7, 11) is 0. The third-order valence-corrected chi connectivity index (χ3v) is 5.33. The monoisotopic (exact) mass is 368 g/mol. The molecule has 0 saturated carbocycles. The molecule has 6 heteroatoms. The Bertz CT molecular complexity index is 885. The molecule has 0 amide bonds. The van der Waals surface area contributed by atoms with E-state index in [1.165, 1.54) is 0 Å². The molecule has 6 nitrogen and oxygen atoms in total. The van der Waals surface area contributed by atoms with E-state index in [0.717, 1.165) is 67.4 Å². The molecule has 3 aromatic rings. The van der Waals surface area contributed by atoms with Crippen LogP contribution >= 0.6 is 0 Å². The van der Waals surface area contributed by atoms with Gasteiger partial charge in [-0.2, -0.15) is 0 Å². The lowest BCUT2D eigenvalue weighted by Crippen LogP contribution is -2.29. The van der Waals surface area contributed by atoms with Crippen molar-refractivity contribution in [2.75, 3.05) is 31.6 Å². The molecule has 27 heavy (non-hydrogen) atoms. The fourth-order valence-electron chi connectivity index (χ4n) is 3.92. The lowest BCUT2D eigenvalue weighted by Gasteiger charge is -2.20. The number of nitrogens with zero attached hydrogens (tertiary/aromatic N) is 3. The number of benzene rings is 1. The summed E-state index contributed by atoms with van der Waals surface area (Å²) in [5, 5.41) is 12.9. The molecule has 0 radical (unpaired) electrons. The number of β-amino-alcohol motifs (C(OH)–C–C–N with tert-alkyl or cyclic N) is 1. The van der Waals surface area contributed by atoms with Gasteiger partial charge in [-0.1, -0.05) is 12.1 Å². The molecule has 1 atom stereocenters. The van der Waals surface area contributed by atoms with Gasteiger partial charge >= 0.3 is 0 Å². The number of aryl methyl sites for hydroxylation is 1. The maximum absolute atomic E-state index is 9.19. The molecule has 0 bridgehead atoms. The van der Waals surface area contributed by atoms with Crippen LogP contribution in [0.3, 0.4) is 0 Å². The summed E-state index contributed by atoms with van der Waals surface area (Å²) >= 11 is 0. The summed E-state index contributed by atoms with van der Waals surface area (Å²) in [6.45, 7) is 5.70. The Balaban J connectivity index is 1.56. The zero-order valence-corrected chi connectivity index (χ0v) is 15.9. The molecule has 2 aromatic heterocycles. The molecule has 1 aromatic carbocycles. The SMILES string of the molecule is Cc1ccc(Cn2c(NC3CCCN(CCO)CC3)nc3ccccc32)o1. The number of nitrogens with one attached hydrogen (secondary N) is 1. The molecule has 1 saturated heterocycles. The number of furan rings is 1. The van der Waals surface area contributed by atoms with Crippen molar-refractivity contribution in [1.82, 2.24) is 14.5 Å². The number of aliphatic hydroxyl groups is 1. The number of imidazole rings is 1. The van der Waals surface area contributed by atoms with Gasteiger partial charge in [-0.3, -0.25) is 0 Å². The van der Waals surface area contributed by atoms with Gasteiger partial charge in [0.1, 0.15) is 11.5 Å². The molecule has 144 valence electrons. The maximum Gasteiger partial charge on any atom is 0.204 e. The minimum absolute atomic E-state index is 0.233. The van der Waals surface area contributed by atoms with Crippen LogP contribution in [0.5, 0.6) is 0 Å². The molecule has 2 N–H and O–H groups in total. The first-order valence-corrected chi connectivity index (χ1v) is 9.83. The quantitative estimate of drug-likeness (QED) is 0.699. The second-order valence-electron chi connectivity index (χ2n) is 7.36. The first kappa shape index (κ1) is 18.1. The number of aliphatic hydroxyl groups excluding tert-OH is 1. The second-order valence-corrected chi connectivity index (χ2v) is 7.36. The van der Waals surface area contributed by atoms with E-state index in [9.17, 15) is 5.11 Å². The highest BCUT2D eigenvalue weighted by molar-refractivity contribution is 5.78. The molecular formula is C21H28N4O2. The van der Waals surface area contributed by atoms with Crippen molar-refractivity contribution < 1.29 is 9.52 Å². The van der Waals surface area contributed by atoms with Crippen LogP contribution in [0.25, 0.3) is 11.0 Å². The third-order valence-electron chi connectivity index (χ3n) is 5.33. The number of likely N-dealkylation sites (tertiary alicyclic amines) is 1. The highest BCUT2D eigenvalue weighted by Gasteiger charge is 2.20. The topological polar surface area (TPSA) is 66.5 Å². The molecule has 1 fully saturated rings. The number of hydrogen-bond donors (Lipinski definition) is 2. The largest absolute Gasteiger partial charge is 0.464 e. The lowest BCUT2D eigenvalue weighted by atomic mass is 10.1. The Hall–Kier alpha value is -2.31. The molecule has 1 unspecified atom stereocenters. The van der Waals surface area contributed by atoms with Gasteiger partial charge in [-0.25, -0.2) is 4.98 Å². The van der Waals surface area contributed by atoms with Gasteiger partial charge in [-0.05, 0) is 57.0 Å². The molecular weight excluding hydrogens is 340 g/mol. The average molecular weight is 368 g/mol. The number of anilines is 1. The Morgan fingerprint density at radius 2 is 2.07 bits per heavy atom. The van der Waals surface area contributed by atoms with Gasteiger partial charge in [0.15, 0.2) is 0 Å². The van der Waals surface area contributed by atoms with E-state index in [1.54, 1.807) is 0 Å². The Morgan fingerprint density at radius 1 is 1.19 bits per heavy atom. The van der Waals surface area contributed by atoms with Crippen LogP contribution in [0.4, 0.5) is 5.95 Å². The van der Waals surface area contributed by atoms with Crippen molar-refractivity contribution in [2.45, 2.75) is 38.8 Å². The van der Waals surface area contributed by atoms with E-state index in [1.807, 2.05) is 25.1 Å². The number of fused-ring (bicyclic) bond motifs is 1. The van der Waals surface area contributed by atoms with Crippen molar-refractivity contribution in [3.05, 3.63) is 47.9 Å². The minimum Gasteiger partial charge on any atom is -0.464 e. The highest BCUT2D eigenvalue weighted by Crippen LogP contribution is 2.24. The van der Waals surface area contributed by atoms with Crippen molar-refractivity contribution in [2.24, 2.45) is 0 Å². The molecule has 1 aliphatic rings. The van der Waals surface area contributed by atoms with Gasteiger partial charge in [0.25, 0.3) is 0 Å². The Labute approximate surface area is 159 Å². The van der Waals surface area contributed by atoms with Gasteiger partial charge in [-0.15, -0.1) is 0 Å². The van der Waals surface area contributed by atoms with Crippen LogP contribution in [-0.2, 0) is 6.54 Å².